The Hall–Kier alpha value is -4.03. The number of amides is 2. The second-order valence-electron chi connectivity index (χ2n) is 8.78. The summed E-state index contributed by atoms with van der Waals surface area (Å²) in [5, 5.41) is 3.63. The minimum Gasteiger partial charge on any atom is -0.326 e. The Kier molecular flexibility index (Phi) is 9.47. The molecule has 4 nitrogen and oxygen atoms in total. The van der Waals surface area contributed by atoms with Crippen molar-refractivity contribution in [3.05, 3.63) is 124 Å². The van der Waals surface area contributed by atoms with Gasteiger partial charge in [-0.05, 0) is 41.5 Å². The molecule has 1 atom stereocenters. The van der Waals surface area contributed by atoms with Gasteiger partial charge >= 0.3 is 6.18 Å². The lowest BCUT2D eigenvalue weighted by Crippen LogP contribution is -2.23. The normalized spacial score (nSPS) is 12.1. The zero-order chi connectivity index (χ0) is 30.6. The molecule has 4 rings (SSSR count). The quantitative estimate of drug-likeness (QED) is 0.117. The second-order valence-corrected chi connectivity index (χ2v) is 10.4. The number of anilines is 2. The van der Waals surface area contributed by atoms with Crippen LogP contribution in [-0.2, 0) is 22.2 Å². The van der Waals surface area contributed by atoms with Crippen LogP contribution in [0.5, 0.6) is 0 Å². The van der Waals surface area contributed by atoms with E-state index in [1.807, 2.05) is 0 Å². The van der Waals surface area contributed by atoms with Crippen LogP contribution in [0.3, 0.4) is 0 Å². The van der Waals surface area contributed by atoms with Gasteiger partial charge in [0.15, 0.2) is 23.3 Å². The number of hydrogen-bond acceptors (Lipinski definition) is 3. The zero-order valence-electron chi connectivity index (χ0n) is 21.0. The summed E-state index contributed by atoms with van der Waals surface area (Å²) in [6.07, 6.45) is -5.68. The Balaban J connectivity index is 1.58. The number of benzene rings is 4. The van der Waals surface area contributed by atoms with E-state index in [1.54, 1.807) is 66.0 Å². The molecule has 0 aliphatic carbocycles. The lowest BCUT2D eigenvalue weighted by atomic mass is 10.1. The zero-order valence-corrected chi connectivity index (χ0v) is 22.6. The van der Waals surface area contributed by atoms with Gasteiger partial charge in [-0.25, -0.2) is 17.6 Å². The number of halogens is 8. The highest BCUT2D eigenvalue weighted by Gasteiger charge is 2.42. The number of rotatable bonds is 8. The standard InChI is InChI=1S/C29H18ClF7N2O2S/c30-17-11-9-15(10-12-17)13-20(40)38-18-7-4-8-19(14-18)42-27(16-5-2-1-3-6-16)28(41)39-26-24(33)22(31)21(29(35,36)37)23(32)25(26)34/h1-12,14,27H,13H2,(H,38,40)(H,39,41). The number of thioether (sulfide) groups is 1. The lowest BCUT2D eigenvalue weighted by molar-refractivity contribution is -0.143. The molecule has 2 amide bonds. The van der Waals surface area contributed by atoms with E-state index in [4.69, 9.17) is 11.6 Å². The largest absolute Gasteiger partial charge is 0.422 e. The summed E-state index contributed by atoms with van der Waals surface area (Å²) >= 11 is 6.71. The van der Waals surface area contributed by atoms with Crippen LogP contribution in [0, 0.1) is 23.3 Å². The van der Waals surface area contributed by atoms with Crippen LogP contribution < -0.4 is 10.6 Å². The van der Waals surface area contributed by atoms with E-state index >= 15 is 0 Å². The van der Waals surface area contributed by atoms with Crippen molar-refractivity contribution >= 4 is 46.6 Å². The summed E-state index contributed by atoms with van der Waals surface area (Å²) in [5.41, 5.74) is -3.09. The Morgan fingerprint density at radius 1 is 0.786 bits per heavy atom. The number of nitrogens with one attached hydrogen (secondary N) is 2. The molecule has 2 N–H and O–H groups in total. The van der Waals surface area contributed by atoms with E-state index in [9.17, 15) is 40.3 Å². The fraction of sp³-hybridized carbons (Fsp3) is 0.103. The highest BCUT2D eigenvalue weighted by Crippen LogP contribution is 2.41. The van der Waals surface area contributed by atoms with E-state index in [-0.39, 0.29) is 12.3 Å². The molecule has 0 bridgehead atoms. The van der Waals surface area contributed by atoms with Crippen molar-refractivity contribution in [2.24, 2.45) is 0 Å². The predicted molar refractivity (Wildman–Crippen MR) is 145 cm³/mol. The predicted octanol–water partition coefficient (Wildman–Crippen LogP) is 8.57. The Morgan fingerprint density at radius 2 is 1.40 bits per heavy atom. The van der Waals surface area contributed by atoms with Crippen molar-refractivity contribution in [1.82, 2.24) is 0 Å². The molecule has 4 aromatic rings. The average molecular weight is 627 g/mol. The smallest absolute Gasteiger partial charge is 0.326 e. The highest BCUT2D eigenvalue weighted by molar-refractivity contribution is 8.00. The summed E-state index contributed by atoms with van der Waals surface area (Å²) in [5.74, 6) is -11.7. The van der Waals surface area contributed by atoms with Gasteiger partial charge in [0.25, 0.3) is 0 Å². The summed E-state index contributed by atoms with van der Waals surface area (Å²) < 4.78 is 96.1. The van der Waals surface area contributed by atoms with Crippen molar-refractivity contribution < 1.29 is 40.3 Å². The third-order valence-electron chi connectivity index (χ3n) is 5.79. The van der Waals surface area contributed by atoms with Gasteiger partial charge in [-0.2, -0.15) is 13.2 Å². The minimum atomic E-state index is -5.73. The molecule has 0 saturated carbocycles. The molecule has 0 aliphatic heterocycles. The van der Waals surface area contributed by atoms with Gasteiger partial charge < -0.3 is 10.6 Å². The number of hydrogen-bond donors (Lipinski definition) is 2. The second kappa shape index (κ2) is 12.9. The first-order valence-corrected chi connectivity index (χ1v) is 13.2. The van der Waals surface area contributed by atoms with Crippen LogP contribution >= 0.6 is 23.4 Å². The van der Waals surface area contributed by atoms with Gasteiger partial charge in [-0.3, -0.25) is 9.59 Å². The van der Waals surface area contributed by atoms with Crippen molar-refractivity contribution in [2.75, 3.05) is 10.6 Å². The summed E-state index contributed by atoms with van der Waals surface area (Å²) in [6.45, 7) is 0. The van der Waals surface area contributed by atoms with E-state index in [0.29, 0.717) is 26.7 Å². The van der Waals surface area contributed by atoms with E-state index in [0.717, 1.165) is 11.8 Å². The summed E-state index contributed by atoms with van der Waals surface area (Å²) in [6, 6.07) is 20.6. The molecule has 0 saturated heterocycles. The number of carbonyl (C=O) groups excluding carboxylic acids is 2. The van der Waals surface area contributed by atoms with Crippen molar-refractivity contribution in [3.63, 3.8) is 0 Å². The third-order valence-corrected chi connectivity index (χ3v) is 7.29. The molecule has 0 radical (unpaired) electrons. The van der Waals surface area contributed by atoms with Gasteiger partial charge in [0.2, 0.25) is 11.8 Å². The van der Waals surface area contributed by atoms with Crippen LogP contribution in [0.4, 0.5) is 42.1 Å². The molecule has 0 fully saturated rings. The van der Waals surface area contributed by atoms with Gasteiger partial charge in [0.05, 0.1) is 6.42 Å². The lowest BCUT2D eigenvalue weighted by Gasteiger charge is -2.19. The molecular weight excluding hydrogens is 609 g/mol. The van der Waals surface area contributed by atoms with E-state index in [2.05, 4.69) is 5.32 Å². The van der Waals surface area contributed by atoms with E-state index < -0.39 is 51.9 Å². The van der Waals surface area contributed by atoms with Crippen LogP contribution in [0.25, 0.3) is 0 Å². The average Bonchev–Trinajstić information content (AvgIpc) is 2.94. The van der Waals surface area contributed by atoms with Gasteiger partial charge in [-0.1, -0.05) is 60.1 Å². The molecule has 0 aliphatic rings. The molecule has 42 heavy (non-hydrogen) atoms. The first kappa shape index (κ1) is 30.9. The molecule has 4 aromatic carbocycles. The van der Waals surface area contributed by atoms with Gasteiger partial charge in [0, 0.05) is 15.6 Å². The third kappa shape index (κ3) is 7.24. The van der Waals surface area contributed by atoms with E-state index in [1.165, 1.54) is 18.2 Å². The molecular formula is C29H18ClF7N2O2S. The van der Waals surface area contributed by atoms with Crippen LogP contribution in [0.15, 0.2) is 83.8 Å². The number of carbonyl (C=O) groups is 2. The maximum atomic E-state index is 14.5. The highest BCUT2D eigenvalue weighted by atomic mass is 35.5. The van der Waals surface area contributed by atoms with Crippen molar-refractivity contribution in [3.8, 4) is 0 Å². The Morgan fingerprint density at radius 3 is 2.00 bits per heavy atom. The Bertz CT molecular complexity index is 1590. The monoisotopic (exact) mass is 626 g/mol. The molecule has 218 valence electrons. The van der Waals surface area contributed by atoms with Gasteiger partial charge in [-0.15, -0.1) is 11.8 Å². The van der Waals surface area contributed by atoms with Gasteiger partial charge in [0.1, 0.15) is 16.5 Å². The fourth-order valence-corrected chi connectivity index (χ4v) is 5.07. The summed E-state index contributed by atoms with van der Waals surface area (Å²) in [4.78, 5) is 26.1. The van der Waals surface area contributed by atoms with Crippen molar-refractivity contribution in [1.29, 1.82) is 0 Å². The first-order valence-electron chi connectivity index (χ1n) is 11.9. The molecule has 0 heterocycles. The molecule has 0 spiro atoms. The van der Waals surface area contributed by atoms with Crippen LogP contribution in [0.2, 0.25) is 5.02 Å². The number of alkyl halides is 3. The van der Waals surface area contributed by atoms with Crippen LogP contribution in [0.1, 0.15) is 21.9 Å². The fourth-order valence-electron chi connectivity index (χ4n) is 3.86. The minimum absolute atomic E-state index is 0.0426. The van der Waals surface area contributed by atoms with Crippen molar-refractivity contribution in [2.45, 2.75) is 22.7 Å². The maximum Gasteiger partial charge on any atom is 0.422 e. The first-order chi connectivity index (χ1) is 19.8. The SMILES string of the molecule is O=C(Cc1ccc(Cl)cc1)Nc1cccc(SC(C(=O)Nc2c(F)c(F)c(C(F)(F)F)c(F)c2F)c2ccccc2)c1. The molecule has 0 aromatic heterocycles. The maximum absolute atomic E-state index is 14.5. The topological polar surface area (TPSA) is 58.2 Å². The molecule has 13 heteroatoms. The summed E-state index contributed by atoms with van der Waals surface area (Å²) in [7, 11) is 0. The van der Waals surface area contributed by atoms with Crippen LogP contribution in [-0.4, -0.2) is 11.8 Å². The Labute approximate surface area is 243 Å². The molecule has 1 unspecified atom stereocenters.